The van der Waals surface area contributed by atoms with Gasteiger partial charge in [0.25, 0.3) is 0 Å². The first kappa shape index (κ1) is 4.30. The van der Waals surface area contributed by atoms with E-state index < -0.39 is 0 Å². The average Bonchev–Trinajstić information content (AvgIpc) is 2.22. The third-order valence-electron chi connectivity index (χ3n) is 0.942. The van der Waals surface area contributed by atoms with Gasteiger partial charge in [-0.2, -0.15) is 9.98 Å². The second kappa shape index (κ2) is 1.22. The van der Waals surface area contributed by atoms with Gasteiger partial charge < -0.3 is 0 Å². The molecule has 0 saturated carbocycles. The molecule has 0 radical (unpaired) electrons. The Morgan fingerprint density at radius 1 is 1.33 bits per heavy atom. The molecule has 1 aromatic heterocycles. The summed E-state index contributed by atoms with van der Waals surface area (Å²) in [5.74, 6) is -0.0221. The van der Waals surface area contributed by atoms with E-state index in [1.165, 1.54) is 0 Å². The molecule has 6 heteroatoms. The number of aromatic nitrogens is 3. The second-order valence-corrected chi connectivity index (χ2v) is 1.53. The summed E-state index contributed by atoms with van der Waals surface area (Å²) in [4.78, 5) is 7.27. The summed E-state index contributed by atoms with van der Waals surface area (Å²) in [6.45, 7) is 0. The zero-order chi connectivity index (χ0) is 6.27. The highest BCUT2D eigenvalue weighted by molar-refractivity contribution is 5.79. The van der Waals surface area contributed by atoms with Gasteiger partial charge in [0.05, 0.1) is 0 Å². The predicted molar refractivity (Wildman–Crippen MR) is 26.4 cm³/mol. The minimum Gasteiger partial charge on any atom is -0.265 e. The molecule has 2 heterocycles. The Bertz CT molecular complexity index is 325. The van der Waals surface area contributed by atoms with Crippen LogP contribution < -0.4 is 11.0 Å². The Labute approximate surface area is 48.9 Å². The Morgan fingerprint density at radius 2 is 2.22 bits per heavy atom. The van der Waals surface area contributed by atoms with Gasteiger partial charge in [0.1, 0.15) is 0 Å². The summed E-state index contributed by atoms with van der Waals surface area (Å²) in [6, 6.07) is 0. The highest BCUT2D eigenvalue weighted by Crippen LogP contribution is 1.74. The summed E-state index contributed by atoms with van der Waals surface area (Å²) < 4.78 is 0. The topological polar surface area (TPSA) is 90.1 Å². The van der Waals surface area contributed by atoms with E-state index in [2.05, 4.69) is 25.4 Å². The number of guanidine groups is 1. The molecule has 1 aliphatic heterocycles. The number of hydrogen-bond acceptors (Lipinski definition) is 3. The Hall–Kier alpha value is -1.59. The lowest BCUT2D eigenvalue weighted by Gasteiger charge is -1.71. The summed E-state index contributed by atoms with van der Waals surface area (Å²) in [5, 5.41) is 16.4. The van der Waals surface area contributed by atoms with E-state index in [9.17, 15) is 0 Å². The SMILES string of the molecule is N=C1N=c2nn[nH]c2=N1. The monoisotopic (exact) mass is 122 g/mol. The van der Waals surface area contributed by atoms with Gasteiger partial charge in [-0.05, 0) is 0 Å². The predicted octanol–water partition coefficient (Wildman–Crippen LogP) is -2.01. The van der Waals surface area contributed by atoms with Crippen LogP contribution in [0, 0.1) is 5.41 Å². The van der Waals surface area contributed by atoms with Crippen LogP contribution in [0.5, 0.6) is 0 Å². The molecule has 1 aromatic rings. The molecule has 0 aromatic carbocycles. The van der Waals surface area contributed by atoms with Crippen molar-refractivity contribution in [1.82, 2.24) is 15.4 Å². The van der Waals surface area contributed by atoms with Crippen molar-refractivity contribution in [2.75, 3.05) is 0 Å². The molecule has 2 N–H and O–H groups in total. The molecule has 0 spiro atoms. The van der Waals surface area contributed by atoms with Crippen molar-refractivity contribution in [2.24, 2.45) is 9.98 Å². The van der Waals surface area contributed by atoms with Gasteiger partial charge in [0, 0.05) is 0 Å². The Kier molecular flexibility index (Phi) is 0.583. The molecule has 0 saturated heterocycles. The molecule has 0 fully saturated rings. The van der Waals surface area contributed by atoms with E-state index in [1.54, 1.807) is 0 Å². The van der Waals surface area contributed by atoms with Crippen molar-refractivity contribution in [1.29, 1.82) is 5.41 Å². The third-order valence-corrected chi connectivity index (χ3v) is 0.942. The maximum absolute atomic E-state index is 6.93. The molecule has 0 amide bonds. The fourth-order valence-corrected chi connectivity index (χ4v) is 0.599. The Balaban J connectivity index is 3.01. The summed E-state index contributed by atoms with van der Waals surface area (Å²) in [5.41, 5.74) is 0.875. The van der Waals surface area contributed by atoms with Crippen molar-refractivity contribution >= 4 is 5.96 Å². The van der Waals surface area contributed by atoms with Crippen molar-refractivity contribution in [2.45, 2.75) is 0 Å². The molecule has 44 valence electrons. The van der Waals surface area contributed by atoms with Gasteiger partial charge in [0.15, 0.2) is 5.49 Å². The van der Waals surface area contributed by atoms with Gasteiger partial charge in [-0.15, -0.1) is 5.10 Å². The molecule has 0 aliphatic carbocycles. The largest absolute Gasteiger partial charge is 0.265 e. The maximum atomic E-state index is 6.93. The highest BCUT2D eigenvalue weighted by atomic mass is 15.4. The van der Waals surface area contributed by atoms with E-state index >= 15 is 0 Å². The van der Waals surface area contributed by atoms with Crippen LogP contribution in [0.2, 0.25) is 0 Å². The smallest absolute Gasteiger partial charge is 0.246 e. The van der Waals surface area contributed by atoms with Gasteiger partial charge in [-0.3, -0.25) is 5.41 Å². The molecule has 2 rings (SSSR count). The molecule has 1 aliphatic rings. The van der Waals surface area contributed by atoms with Crippen molar-refractivity contribution in [3.8, 4) is 0 Å². The Morgan fingerprint density at radius 3 is 3.00 bits per heavy atom. The van der Waals surface area contributed by atoms with Crippen molar-refractivity contribution in [3.05, 3.63) is 11.0 Å². The van der Waals surface area contributed by atoms with Crippen LogP contribution in [-0.4, -0.2) is 21.4 Å². The highest BCUT2D eigenvalue weighted by Gasteiger charge is 2.02. The van der Waals surface area contributed by atoms with E-state index in [0.717, 1.165) is 0 Å². The van der Waals surface area contributed by atoms with Gasteiger partial charge >= 0.3 is 0 Å². The summed E-state index contributed by atoms with van der Waals surface area (Å²) in [6.07, 6.45) is 0. The number of aromatic amines is 1. The first-order chi connectivity index (χ1) is 4.36. The van der Waals surface area contributed by atoms with Crippen molar-refractivity contribution < 1.29 is 0 Å². The lowest BCUT2D eigenvalue weighted by Crippen LogP contribution is -2.20. The van der Waals surface area contributed by atoms with E-state index in [-0.39, 0.29) is 5.96 Å². The fraction of sp³-hybridized carbons (Fsp3) is 0. The van der Waals surface area contributed by atoms with E-state index in [4.69, 9.17) is 5.41 Å². The van der Waals surface area contributed by atoms with Gasteiger partial charge in [-0.25, -0.2) is 5.10 Å². The molecular weight excluding hydrogens is 120 g/mol. The number of hydrogen-bond donors (Lipinski definition) is 2. The zero-order valence-corrected chi connectivity index (χ0v) is 4.29. The number of H-pyrrole nitrogens is 1. The van der Waals surface area contributed by atoms with Gasteiger partial charge in [0.2, 0.25) is 11.4 Å². The summed E-state index contributed by atoms with van der Waals surface area (Å²) >= 11 is 0. The maximum Gasteiger partial charge on any atom is 0.246 e. The molecular formula is C3H2N6. The molecule has 9 heavy (non-hydrogen) atoms. The van der Waals surface area contributed by atoms with E-state index in [1.807, 2.05) is 0 Å². The first-order valence-electron chi connectivity index (χ1n) is 2.29. The quantitative estimate of drug-likeness (QED) is 0.416. The molecule has 0 atom stereocenters. The summed E-state index contributed by atoms with van der Waals surface area (Å²) in [7, 11) is 0. The fourth-order valence-electron chi connectivity index (χ4n) is 0.599. The van der Waals surface area contributed by atoms with Crippen LogP contribution in [0.3, 0.4) is 0 Å². The number of fused-ring (bicyclic) bond motifs is 1. The average molecular weight is 122 g/mol. The van der Waals surface area contributed by atoms with E-state index in [0.29, 0.717) is 11.0 Å². The minimum atomic E-state index is -0.0221. The zero-order valence-electron chi connectivity index (χ0n) is 4.29. The van der Waals surface area contributed by atoms with Gasteiger partial charge in [-0.1, -0.05) is 5.21 Å². The lowest BCUT2D eigenvalue weighted by molar-refractivity contribution is 0.908. The van der Waals surface area contributed by atoms with Crippen LogP contribution in [-0.2, 0) is 0 Å². The van der Waals surface area contributed by atoms with Crippen LogP contribution >= 0.6 is 0 Å². The lowest BCUT2D eigenvalue weighted by atomic mass is 10.8. The number of nitrogens with zero attached hydrogens (tertiary/aromatic N) is 4. The number of nitrogens with one attached hydrogen (secondary N) is 2. The first-order valence-corrected chi connectivity index (χ1v) is 2.29. The van der Waals surface area contributed by atoms with Crippen LogP contribution in [0.4, 0.5) is 0 Å². The minimum absolute atomic E-state index is 0.0221. The van der Waals surface area contributed by atoms with Crippen LogP contribution in [0.15, 0.2) is 9.98 Å². The molecule has 0 bridgehead atoms. The third kappa shape index (κ3) is 0.463. The normalized spacial score (nSPS) is 14.4. The number of rotatable bonds is 0. The standard InChI is InChI=1S/C3H2N6/c4-3-5-1-2(6-3)8-9-7-1/h(H2,4,5,6,7,8). The molecule has 0 unspecified atom stereocenters. The van der Waals surface area contributed by atoms with Crippen LogP contribution in [0.1, 0.15) is 0 Å². The molecule has 6 nitrogen and oxygen atoms in total. The van der Waals surface area contributed by atoms with Crippen LogP contribution in [0.25, 0.3) is 0 Å². The second-order valence-electron chi connectivity index (χ2n) is 1.53. The van der Waals surface area contributed by atoms with Crippen molar-refractivity contribution in [3.63, 3.8) is 0 Å².